The van der Waals surface area contributed by atoms with Crippen LogP contribution in [0, 0.1) is 0 Å². The van der Waals surface area contributed by atoms with Crippen LogP contribution in [-0.2, 0) is 11.4 Å². The van der Waals surface area contributed by atoms with Crippen molar-refractivity contribution < 1.29 is 14.3 Å². The summed E-state index contributed by atoms with van der Waals surface area (Å²) < 4.78 is 12.0. The van der Waals surface area contributed by atoms with Crippen molar-refractivity contribution in [3.63, 3.8) is 0 Å². The Bertz CT molecular complexity index is 643. The van der Waals surface area contributed by atoms with E-state index < -0.39 is 0 Å². The highest BCUT2D eigenvalue weighted by Gasteiger charge is 2.07. The van der Waals surface area contributed by atoms with Gasteiger partial charge in [0.1, 0.15) is 18.1 Å². The number of ether oxygens (including phenoxy) is 2. The van der Waals surface area contributed by atoms with Gasteiger partial charge in [-0.15, -0.1) is 0 Å². The lowest BCUT2D eigenvalue weighted by molar-refractivity contribution is -0.114. The quantitative estimate of drug-likeness (QED) is 0.887. The van der Waals surface area contributed by atoms with E-state index in [1.165, 1.54) is 6.92 Å². The molecule has 0 fully saturated rings. The molecule has 0 saturated carbocycles. The standard InChI is InChI=1S/C16H16BrNO3/c1-11(19)18-15-5-3-4-6-16(15)21-10-12-9-13(20-2)7-8-14(12)17/h3-9H,10H2,1-2H3,(H,18,19). The van der Waals surface area contributed by atoms with Gasteiger partial charge in [-0.2, -0.15) is 0 Å². The van der Waals surface area contributed by atoms with Gasteiger partial charge in [0.25, 0.3) is 0 Å². The fourth-order valence-electron chi connectivity index (χ4n) is 1.83. The molecule has 0 spiro atoms. The van der Waals surface area contributed by atoms with Crippen molar-refractivity contribution in [1.29, 1.82) is 0 Å². The minimum absolute atomic E-state index is 0.131. The molecule has 0 saturated heterocycles. The van der Waals surface area contributed by atoms with E-state index in [1.54, 1.807) is 13.2 Å². The van der Waals surface area contributed by atoms with Crippen molar-refractivity contribution in [3.8, 4) is 11.5 Å². The van der Waals surface area contributed by atoms with E-state index in [4.69, 9.17) is 9.47 Å². The first-order chi connectivity index (χ1) is 10.1. The van der Waals surface area contributed by atoms with Gasteiger partial charge in [0.15, 0.2) is 0 Å². The molecule has 4 nitrogen and oxygen atoms in total. The van der Waals surface area contributed by atoms with Crippen molar-refractivity contribution in [3.05, 3.63) is 52.5 Å². The lowest BCUT2D eigenvalue weighted by atomic mass is 10.2. The summed E-state index contributed by atoms with van der Waals surface area (Å²) in [5.74, 6) is 1.27. The summed E-state index contributed by atoms with van der Waals surface area (Å²) in [6.45, 7) is 1.84. The number of nitrogens with one attached hydrogen (secondary N) is 1. The SMILES string of the molecule is COc1ccc(Br)c(COc2ccccc2NC(C)=O)c1. The number of carbonyl (C=O) groups excluding carboxylic acids is 1. The summed E-state index contributed by atoms with van der Waals surface area (Å²) in [5, 5.41) is 2.75. The molecule has 0 heterocycles. The van der Waals surface area contributed by atoms with E-state index in [-0.39, 0.29) is 5.91 Å². The van der Waals surface area contributed by atoms with Crippen LogP contribution in [0.5, 0.6) is 11.5 Å². The Balaban J connectivity index is 2.15. The van der Waals surface area contributed by atoms with Gasteiger partial charge in [-0.05, 0) is 30.3 Å². The Morgan fingerprint density at radius 1 is 1.24 bits per heavy atom. The van der Waals surface area contributed by atoms with Crippen LogP contribution in [0.3, 0.4) is 0 Å². The molecule has 2 aromatic rings. The summed E-state index contributed by atoms with van der Waals surface area (Å²) in [4.78, 5) is 11.2. The summed E-state index contributed by atoms with van der Waals surface area (Å²) in [7, 11) is 1.62. The van der Waals surface area contributed by atoms with Crippen LogP contribution in [0.15, 0.2) is 46.9 Å². The first-order valence-corrected chi connectivity index (χ1v) is 7.21. The fourth-order valence-corrected chi connectivity index (χ4v) is 2.19. The largest absolute Gasteiger partial charge is 0.497 e. The highest BCUT2D eigenvalue weighted by Crippen LogP contribution is 2.27. The van der Waals surface area contributed by atoms with E-state index in [1.807, 2.05) is 36.4 Å². The molecule has 5 heteroatoms. The maximum Gasteiger partial charge on any atom is 0.221 e. The van der Waals surface area contributed by atoms with Crippen LogP contribution in [0.1, 0.15) is 12.5 Å². The number of rotatable bonds is 5. The van der Waals surface area contributed by atoms with Gasteiger partial charge in [-0.25, -0.2) is 0 Å². The number of methoxy groups -OCH3 is 1. The second kappa shape index (κ2) is 7.13. The third-order valence-electron chi connectivity index (χ3n) is 2.83. The topological polar surface area (TPSA) is 47.6 Å². The number of amides is 1. The zero-order valence-electron chi connectivity index (χ0n) is 11.9. The molecule has 0 unspecified atom stereocenters. The number of benzene rings is 2. The number of anilines is 1. The van der Waals surface area contributed by atoms with E-state index in [0.29, 0.717) is 18.0 Å². The van der Waals surface area contributed by atoms with Crippen molar-refractivity contribution in [2.75, 3.05) is 12.4 Å². The number of halogens is 1. The van der Waals surface area contributed by atoms with Gasteiger partial charge in [0.2, 0.25) is 5.91 Å². The third-order valence-corrected chi connectivity index (χ3v) is 3.61. The van der Waals surface area contributed by atoms with E-state index >= 15 is 0 Å². The maximum atomic E-state index is 11.2. The van der Waals surface area contributed by atoms with Crippen LogP contribution < -0.4 is 14.8 Å². The summed E-state index contributed by atoms with van der Waals surface area (Å²) >= 11 is 3.49. The molecule has 0 aliphatic heterocycles. The number of para-hydroxylation sites is 2. The summed E-state index contributed by atoms with van der Waals surface area (Å²) in [6.07, 6.45) is 0. The molecule has 0 bridgehead atoms. The van der Waals surface area contributed by atoms with E-state index in [2.05, 4.69) is 21.2 Å². The first-order valence-electron chi connectivity index (χ1n) is 6.42. The number of carbonyl (C=O) groups is 1. The van der Waals surface area contributed by atoms with E-state index in [9.17, 15) is 4.79 Å². The van der Waals surface area contributed by atoms with Crippen molar-refractivity contribution >= 4 is 27.5 Å². The maximum absolute atomic E-state index is 11.2. The predicted molar refractivity (Wildman–Crippen MR) is 85.8 cm³/mol. The minimum Gasteiger partial charge on any atom is -0.497 e. The molecule has 2 aromatic carbocycles. The Labute approximate surface area is 132 Å². The zero-order valence-corrected chi connectivity index (χ0v) is 13.4. The van der Waals surface area contributed by atoms with E-state index in [0.717, 1.165) is 15.8 Å². The van der Waals surface area contributed by atoms with Gasteiger partial charge < -0.3 is 14.8 Å². The van der Waals surface area contributed by atoms with Crippen LogP contribution in [0.25, 0.3) is 0 Å². The van der Waals surface area contributed by atoms with Gasteiger partial charge in [-0.1, -0.05) is 28.1 Å². The predicted octanol–water partition coefficient (Wildman–Crippen LogP) is 4.00. The second-order valence-corrected chi connectivity index (χ2v) is 5.28. The van der Waals surface area contributed by atoms with Crippen LogP contribution in [0.4, 0.5) is 5.69 Å². The number of hydrogen-bond acceptors (Lipinski definition) is 3. The van der Waals surface area contributed by atoms with Gasteiger partial charge in [-0.3, -0.25) is 4.79 Å². The molecule has 0 radical (unpaired) electrons. The average molecular weight is 350 g/mol. The Morgan fingerprint density at radius 3 is 2.71 bits per heavy atom. The van der Waals surface area contributed by atoms with Crippen LogP contribution in [-0.4, -0.2) is 13.0 Å². The smallest absolute Gasteiger partial charge is 0.221 e. The Hall–Kier alpha value is -2.01. The molecule has 21 heavy (non-hydrogen) atoms. The molecule has 1 N–H and O–H groups in total. The lowest BCUT2D eigenvalue weighted by Crippen LogP contribution is -2.08. The average Bonchev–Trinajstić information content (AvgIpc) is 2.47. The van der Waals surface area contributed by atoms with Crippen molar-refractivity contribution in [2.45, 2.75) is 13.5 Å². The molecule has 1 amide bonds. The highest BCUT2D eigenvalue weighted by molar-refractivity contribution is 9.10. The van der Waals surface area contributed by atoms with Crippen molar-refractivity contribution in [2.24, 2.45) is 0 Å². The minimum atomic E-state index is -0.131. The normalized spacial score (nSPS) is 10.0. The molecule has 110 valence electrons. The molecular formula is C16H16BrNO3. The third kappa shape index (κ3) is 4.23. The van der Waals surface area contributed by atoms with Crippen LogP contribution >= 0.6 is 15.9 Å². The Morgan fingerprint density at radius 2 is 2.00 bits per heavy atom. The van der Waals surface area contributed by atoms with Crippen molar-refractivity contribution in [1.82, 2.24) is 0 Å². The molecule has 2 rings (SSSR count). The van der Waals surface area contributed by atoms with Gasteiger partial charge >= 0.3 is 0 Å². The lowest BCUT2D eigenvalue weighted by Gasteiger charge is -2.13. The zero-order chi connectivity index (χ0) is 15.2. The van der Waals surface area contributed by atoms with Gasteiger partial charge in [0.05, 0.1) is 12.8 Å². The number of hydrogen-bond donors (Lipinski definition) is 1. The molecule has 0 atom stereocenters. The molecule has 0 aromatic heterocycles. The van der Waals surface area contributed by atoms with Crippen LogP contribution in [0.2, 0.25) is 0 Å². The highest BCUT2D eigenvalue weighted by atomic mass is 79.9. The van der Waals surface area contributed by atoms with Gasteiger partial charge in [0, 0.05) is 17.0 Å². The molecule has 0 aliphatic carbocycles. The monoisotopic (exact) mass is 349 g/mol. The summed E-state index contributed by atoms with van der Waals surface area (Å²) in [5.41, 5.74) is 1.62. The Kier molecular flexibility index (Phi) is 5.22. The first kappa shape index (κ1) is 15.4. The molecule has 0 aliphatic rings. The fraction of sp³-hybridized carbons (Fsp3) is 0.188. The molecular weight excluding hydrogens is 334 g/mol. The second-order valence-electron chi connectivity index (χ2n) is 4.42. The summed E-state index contributed by atoms with van der Waals surface area (Å²) in [6, 6.07) is 13.0.